The number of nitrogens with zero attached hydrogens (tertiary/aromatic N) is 1. The second kappa shape index (κ2) is 6.10. The first-order chi connectivity index (χ1) is 10.6. The molecule has 1 aromatic carbocycles. The summed E-state index contributed by atoms with van der Waals surface area (Å²) in [5.41, 5.74) is -1.35. The summed E-state index contributed by atoms with van der Waals surface area (Å²) in [6.07, 6.45) is -4.88. The number of hydrogen-bond donors (Lipinski definition) is 1. The Bertz CT molecular complexity index is 597. The Labute approximate surface area is 131 Å². The van der Waals surface area contributed by atoms with E-state index in [1.54, 1.807) is 13.8 Å². The maximum absolute atomic E-state index is 12.5. The normalized spacial score (nSPS) is 15.5. The summed E-state index contributed by atoms with van der Waals surface area (Å²) in [7, 11) is 0. The van der Waals surface area contributed by atoms with Gasteiger partial charge in [0.1, 0.15) is 6.61 Å². The fourth-order valence-electron chi connectivity index (χ4n) is 2.25. The lowest BCUT2D eigenvalue weighted by molar-refractivity contribution is -0.137. The standard InChI is InChI=1S/C15H17F3N2O3/c1-14(2,20-7-8-23-13(20)22)9-19-12(21)10-3-5-11(6-4-10)15(16,17)18/h3-6H,7-9H2,1-2H3,(H,19,21). The van der Waals surface area contributed by atoms with Gasteiger partial charge in [-0.15, -0.1) is 0 Å². The molecule has 1 aliphatic rings. The second-order valence-corrected chi connectivity index (χ2v) is 5.84. The van der Waals surface area contributed by atoms with E-state index in [1.165, 1.54) is 4.90 Å². The van der Waals surface area contributed by atoms with Crippen LogP contribution in [0.15, 0.2) is 24.3 Å². The van der Waals surface area contributed by atoms with Crippen LogP contribution in [0.3, 0.4) is 0 Å². The Morgan fingerprint density at radius 3 is 2.35 bits per heavy atom. The third-order valence-corrected chi connectivity index (χ3v) is 3.65. The molecule has 126 valence electrons. The Morgan fingerprint density at radius 2 is 1.87 bits per heavy atom. The zero-order valence-corrected chi connectivity index (χ0v) is 12.7. The topological polar surface area (TPSA) is 58.6 Å². The lowest BCUT2D eigenvalue weighted by Crippen LogP contribution is -2.52. The molecule has 0 aliphatic carbocycles. The van der Waals surface area contributed by atoms with Gasteiger partial charge in [-0.1, -0.05) is 0 Å². The van der Waals surface area contributed by atoms with Crippen molar-refractivity contribution in [3.63, 3.8) is 0 Å². The summed E-state index contributed by atoms with van der Waals surface area (Å²) in [5, 5.41) is 2.63. The lowest BCUT2D eigenvalue weighted by atomic mass is 10.0. The molecule has 8 heteroatoms. The zero-order valence-electron chi connectivity index (χ0n) is 12.7. The number of carbonyl (C=O) groups is 2. The van der Waals surface area contributed by atoms with E-state index in [4.69, 9.17) is 4.74 Å². The molecule has 2 amide bonds. The molecule has 1 fully saturated rings. The maximum Gasteiger partial charge on any atom is 0.416 e. The predicted molar refractivity (Wildman–Crippen MR) is 75.9 cm³/mol. The summed E-state index contributed by atoms with van der Waals surface area (Å²) >= 11 is 0. The number of cyclic esters (lactones) is 1. The number of benzene rings is 1. The van der Waals surface area contributed by atoms with Gasteiger partial charge in [-0.2, -0.15) is 13.2 Å². The molecule has 1 heterocycles. The highest BCUT2D eigenvalue weighted by molar-refractivity contribution is 5.94. The minimum Gasteiger partial charge on any atom is -0.448 e. The van der Waals surface area contributed by atoms with E-state index in [-0.39, 0.29) is 12.1 Å². The van der Waals surface area contributed by atoms with Crippen LogP contribution in [0.1, 0.15) is 29.8 Å². The fourth-order valence-corrected chi connectivity index (χ4v) is 2.25. The SMILES string of the molecule is CC(C)(CNC(=O)c1ccc(C(F)(F)F)cc1)N1CCOC1=O. The molecule has 1 aromatic rings. The number of carbonyl (C=O) groups excluding carboxylic acids is 2. The van der Waals surface area contributed by atoms with Crippen molar-refractivity contribution in [1.82, 2.24) is 10.2 Å². The molecule has 1 saturated heterocycles. The first kappa shape index (κ1) is 17.1. The molecule has 0 radical (unpaired) electrons. The second-order valence-electron chi connectivity index (χ2n) is 5.84. The molecule has 0 atom stereocenters. The first-order valence-electron chi connectivity index (χ1n) is 7.01. The van der Waals surface area contributed by atoms with Crippen molar-refractivity contribution in [1.29, 1.82) is 0 Å². The molecule has 23 heavy (non-hydrogen) atoms. The summed E-state index contributed by atoms with van der Waals surface area (Å²) < 4.78 is 42.3. The van der Waals surface area contributed by atoms with Crippen molar-refractivity contribution in [2.45, 2.75) is 25.6 Å². The molecule has 0 bridgehead atoms. The summed E-state index contributed by atoms with van der Waals surface area (Å²) in [6.45, 7) is 4.43. The molecule has 0 unspecified atom stereocenters. The van der Waals surface area contributed by atoms with Gasteiger partial charge in [-0.25, -0.2) is 4.79 Å². The Balaban J connectivity index is 1.98. The number of alkyl halides is 3. The monoisotopic (exact) mass is 330 g/mol. The molecule has 2 rings (SSSR count). The third kappa shape index (κ3) is 3.94. The van der Waals surface area contributed by atoms with E-state index >= 15 is 0 Å². The van der Waals surface area contributed by atoms with Crippen LogP contribution < -0.4 is 5.32 Å². The molecular weight excluding hydrogens is 313 g/mol. The average molecular weight is 330 g/mol. The minimum atomic E-state index is -4.44. The number of amides is 2. The largest absolute Gasteiger partial charge is 0.448 e. The van der Waals surface area contributed by atoms with Gasteiger partial charge in [0, 0.05) is 12.1 Å². The molecule has 5 nitrogen and oxygen atoms in total. The fraction of sp³-hybridized carbons (Fsp3) is 0.467. The number of halogens is 3. The summed E-state index contributed by atoms with van der Waals surface area (Å²) in [6, 6.07) is 3.96. The maximum atomic E-state index is 12.5. The van der Waals surface area contributed by atoms with E-state index in [2.05, 4.69) is 5.32 Å². The third-order valence-electron chi connectivity index (χ3n) is 3.65. The zero-order chi connectivity index (χ0) is 17.3. The molecular formula is C15H17F3N2O3. The highest BCUT2D eigenvalue weighted by Crippen LogP contribution is 2.29. The van der Waals surface area contributed by atoms with Gasteiger partial charge >= 0.3 is 12.3 Å². The van der Waals surface area contributed by atoms with Crippen LogP contribution >= 0.6 is 0 Å². The van der Waals surface area contributed by atoms with Gasteiger partial charge in [0.25, 0.3) is 5.91 Å². The van der Waals surface area contributed by atoms with Gasteiger partial charge in [0.2, 0.25) is 0 Å². The number of hydrogen-bond acceptors (Lipinski definition) is 3. The van der Waals surface area contributed by atoms with Crippen LogP contribution in [-0.2, 0) is 10.9 Å². The Hall–Kier alpha value is -2.25. The molecule has 0 spiro atoms. The van der Waals surface area contributed by atoms with Crippen molar-refractivity contribution >= 4 is 12.0 Å². The van der Waals surface area contributed by atoms with Crippen molar-refractivity contribution < 1.29 is 27.5 Å². The van der Waals surface area contributed by atoms with Gasteiger partial charge in [0.05, 0.1) is 17.6 Å². The molecule has 1 aliphatic heterocycles. The van der Waals surface area contributed by atoms with Crippen LogP contribution in [-0.4, -0.2) is 42.1 Å². The van der Waals surface area contributed by atoms with Crippen molar-refractivity contribution in [2.24, 2.45) is 0 Å². The number of nitrogens with one attached hydrogen (secondary N) is 1. The lowest BCUT2D eigenvalue weighted by Gasteiger charge is -2.33. The van der Waals surface area contributed by atoms with Crippen LogP contribution in [0.5, 0.6) is 0 Å². The number of ether oxygens (including phenoxy) is 1. The van der Waals surface area contributed by atoms with Crippen molar-refractivity contribution in [3.8, 4) is 0 Å². The minimum absolute atomic E-state index is 0.123. The smallest absolute Gasteiger partial charge is 0.416 e. The van der Waals surface area contributed by atoms with Crippen molar-refractivity contribution in [3.05, 3.63) is 35.4 Å². The van der Waals surface area contributed by atoms with Crippen LogP contribution in [0, 0.1) is 0 Å². The van der Waals surface area contributed by atoms with Gasteiger partial charge in [-0.3, -0.25) is 9.69 Å². The highest BCUT2D eigenvalue weighted by Gasteiger charge is 2.36. The van der Waals surface area contributed by atoms with E-state index in [0.29, 0.717) is 13.2 Å². The molecule has 0 saturated carbocycles. The number of rotatable bonds is 4. The Morgan fingerprint density at radius 1 is 1.26 bits per heavy atom. The van der Waals surface area contributed by atoms with Crippen LogP contribution in [0.2, 0.25) is 0 Å². The first-order valence-corrected chi connectivity index (χ1v) is 7.01. The van der Waals surface area contributed by atoms with Crippen LogP contribution in [0.4, 0.5) is 18.0 Å². The van der Waals surface area contributed by atoms with Crippen LogP contribution in [0.25, 0.3) is 0 Å². The van der Waals surface area contributed by atoms with E-state index in [1.807, 2.05) is 0 Å². The van der Waals surface area contributed by atoms with E-state index in [0.717, 1.165) is 24.3 Å². The van der Waals surface area contributed by atoms with E-state index < -0.39 is 29.3 Å². The highest BCUT2D eigenvalue weighted by atomic mass is 19.4. The Kier molecular flexibility index (Phi) is 4.53. The van der Waals surface area contributed by atoms with Crippen molar-refractivity contribution in [2.75, 3.05) is 19.7 Å². The van der Waals surface area contributed by atoms with Gasteiger partial charge in [0.15, 0.2) is 0 Å². The summed E-state index contributed by atoms with van der Waals surface area (Å²) in [4.78, 5) is 25.1. The predicted octanol–water partition coefficient (Wildman–Crippen LogP) is 2.67. The quantitative estimate of drug-likeness (QED) is 0.923. The van der Waals surface area contributed by atoms with Gasteiger partial charge in [-0.05, 0) is 38.1 Å². The summed E-state index contributed by atoms with van der Waals surface area (Å²) in [5.74, 6) is -0.501. The molecule has 0 aromatic heterocycles. The average Bonchev–Trinajstić information content (AvgIpc) is 2.91. The van der Waals surface area contributed by atoms with E-state index in [9.17, 15) is 22.8 Å². The molecule has 1 N–H and O–H groups in total. The van der Waals surface area contributed by atoms with Gasteiger partial charge < -0.3 is 10.1 Å².